The average molecular weight is 299 g/mol. The van der Waals surface area contributed by atoms with Crippen molar-refractivity contribution in [3.63, 3.8) is 0 Å². The lowest BCUT2D eigenvalue weighted by Gasteiger charge is -2.10. The van der Waals surface area contributed by atoms with Crippen molar-refractivity contribution in [1.29, 1.82) is 0 Å². The molecule has 0 aliphatic carbocycles. The van der Waals surface area contributed by atoms with Crippen LogP contribution >= 0.6 is 0 Å². The third-order valence-electron chi connectivity index (χ3n) is 2.91. The van der Waals surface area contributed by atoms with E-state index in [1.54, 1.807) is 14.0 Å². The highest BCUT2D eigenvalue weighted by atomic mass is 16.5. The van der Waals surface area contributed by atoms with Crippen molar-refractivity contribution in [1.82, 2.24) is 4.57 Å². The summed E-state index contributed by atoms with van der Waals surface area (Å²) in [6.45, 7) is 7.43. The molecule has 6 nitrogen and oxygen atoms in total. The van der Waals surface area contributed by atoms with Gasteiger partial charge >= 0.3 is 5.97 Å². The van der Waals surface area contributed by atoms with Gasteiger partial charge in [-0.25, -0.2) is 4.79 Å². The Morgan fingerprint density at radius 1 is 1.14 bits per heavy atom. The molecule has 0 aliphatic rings. The maximum Gasteiger partial charge on any atom is 0.355 e. The molecule has 0 aliphatic heterocycles. The van der Waals surface area contributed by atoms with E-state index in [1.165, 1.54) is 0 Å². The van der Waals surface area contributed by atoms with Crippen molar-refractivity contribution in [3.05, 3.63) is 23.5 Å². The summed E-state index contributed by atoms with van der Waals surface area (Å²) < 4.78 is 22.6. The van der Waals surface area contributed by atoms with Crippen LogP contribution in [0.2, 0.25) is 0 Å². The molecule has 0 aromatic carbocycles. The van der Waals surface area contributed by atoms with E-state index >= 15 is 0 Å². The number of aryl methyl sites for hydroxylation is 1. The summed E-state index contributed by atoms with van der Waals surface area (Å²) in [5.41, 5.74) is 1.51. The van der Waals surface area contributed by atoms with Gasteiger partial charge < -0.3 is 23.5 Å². The number of esters is 1. The summed E-state index contributed by atoms with van der Waals surface area (Å²) in [4.78, 5) is 11.9. The zero-order valence-corrected chi connectivity index (χ0v) is 13.1. The van der Waals surface area contributed by atoms with Crippen LogP contribution in [0.4, 0.5) is 0 Å². The lowest BCUT2D eigenvalue weighted by molar-refractivity contribution is 0.0227. The van der Waals surface area contributed by atoms with E-state index in [9.17, 15) is 4.79 Å². The Morgan fingerprint density at radius 3 is 2.48 bits per heavy atom. The largest absolute Gasteiger partial charge is 0.461 e. The van der Waals surface area contributed by atoms with Crippen molar-refractivity contribution >= 4 is 5.97 Å². The molecule has 0 N–H and O–H groups in total. The molecular formula is C15H25NO5. The van der Waals surface area contributed by atoms with Gasteiger partial charge in [-0.2, -0.15) is 0 Å². The summed E-state index contributed by atoms with van der Waals surface area (Å²) in [5, 5.41) is 0. The molecule has 1 heterocycles. The lowest BCUT2D eigenvalue weighted by atomic mass is 10.3. The fourth-order valence-corrected chi connectivity index (χ4v) is 1.87. The highest BCUT2D eigenvalue weighted by Gasteiger charge is 2.15. The Labute approximate surface area is 125 Å². The highest BCUT2D eigenvalue weighted by molar-refractivity contribution is 5.89. The highest BCUT2D eigenvalue weighted by Crippen LogP contribution is 2.11. The first kappa shape index (κ1) is 17.7. The van der Waals surface area contributed by atoms with Gasteiger partial charge in [0.1, 0.15) is 5.69 Å². The van der Waals surface area contributed by atoms with Gasteiger partial charge in [-0.05, 0) is 25.5 Å². The predicted octanol–water partition coefficient (Wildman–Crippen LogP) is 1.65. The monoisotopic (exact) mass is 299 g/mol. The molecule has 0 unspecified atom stereocenters. The number of hydrogen-bond donors (Lipinski definition) is 0. The Balaban J connectivity index is 2.28. The van der Waals surface area contributed by atoms with Crippen LogP contribution in [0.1, 0.15) is 23.0 Å². The molecule has 0 saturated carbocycles. The first-order chi connectivity index (χ1) is 10.2. The van der Waals surface area contributed by atoms with E-state index < -0.39 is 0 Å². The molecule has 0 atom stereocenters. The van der Waals surface area contributed by atoms with Crippen LogP contribution in [-0.4, -0.2) is 57.3 Å². The van der Waals surface area contributed by atoms with Crippen molar-refractivity contribution in [3.8, 4) is 0 Å². The zero-order valence-electron chi connectivity index (χ0n) is 13.1. The number of aromatic nitrogens is 1. The molecule has 0 spiro atoms. The number of methoxy groups -OCH3 is 1. The maximum atomic E-state index is 11.9. The molecular weight excluding hydrogens is 274 g/mol. The van der Waals surface area contributed by atoms with Crippen LogP contribution in [0.15, 0.2) is 12.3 Å². The Bertz CT molecular complexity index is 416. The molecule has 1 aromatic heterocycles. The summed E-state index contributed by atoms with van der Waals surface area (Å²) >= 11 is 0. The fraction of sp³-hybridized carbons (Fsp3) is 0.667. The van der Waals surface area contributed by atoms with Gasteiger partial charge in [0.15, 0.2) is 0 Å². The molecule has 6 heteroatoms. The van der Waals surface area contributed by atoms with Gasteiger partial charge in [-0.3, -0.25) is 0 Å². The topological polar surface area (TPSA) is 58.9 Å². The summed E-state index contributed by atoms with van der Waals surface area (Å²) in [6, 6.07) is 1.90. The Hall–Kier alpha value is -1.37. The Kier molecular flexibility index (Phi) is 8.73. The van der Waals surface area contributed by atoms with E-state index in [0.29, 0.717) is 51.9 Å². The van der Waals surface area contributed by atoms with Gasteiger partial charge in [0, 0.05) is 19.9 Å². The van der Waals surface area contributed by atoms with Crippen molar-refractivity contribution in [2.75, 3.05) is 46.8 Å². The zero-order chi connectivity index (χ0) is 15.5. The van der Waals surface area contributed by atoms with Crippen LogP contribution in [0.3, 0.4) is 0 Å². The predicted molar refractivity (Wildman–Crippen MR) is 78.6 cm³/mol. The molecule has 0 amide bonds. The average Bonchev–Trinajstić information content (AvgIpc) is 2.83. The molecule has 1 aromatic rings. The second-order valence-electron chi connectivity index (χ2n) is 4.48. The van der Waals surface area contributed by atoms with E-state index in [-0.39, 0.29) is 5.97 Å². The van der Waals surface area contributed by atoms with Gasteiger partial charge in [0.05, 0.1) is 39.6 Å². The van der Waals surface area contributed by atoms with Crippen LogP contribution in [-0.2, 0) is 25.5 Å². The minimum atomic E-state index is -0.289. The summed E-state index contributed by atoms with van der Waals surface area (Å²) in [7, 11) is 1.64. The number of nitrogens with zero attached hydrogens (tertiary/aromatic N) is 1. The quantitative estimate of drug-likeness (QED) is 0.459. The van der Waals surface area contributed by atoms with Gasteiger partial charge in [0.2, 0.25) is 0 Å². The van der Waals surface area contributed by atoms with Gasteiger partial charge in [-0.15, -0.1) is 0 Å². The normalized spacial score (nSPS) is 10.8. The molecule has 21 heavy (non-hydrogen) atoms. The molecule has 0 bridgehead atoms. The number of carbonyl (C=O) groups excluding carboxylic acids is 1. The SMILES string of the molecule is CCOC(=O)c1c(C)ccn1CCOCCOCCOC. The fourth-order valence-electron chi connectivity index (χ4n) is 1.87. The van der Waals surface area contributed by atoms with Crippen molar-refractivity contribution in [2.45, 2.75) is 20.4 Å². The van der Waals surface area contributed by atoms with Crippen LogP contribution in [0, 0.1) is 6.92 Å². The third-order valence-corrected chi connectivity index (χ3v) is 2.91. The number of rotatable bonds is 11. The smallest absolute Gasteiger partial charge is 0.355 e. The molecule has 0 saturated heterocycles. The molecule has 120 valence electrons. The van der Waals surface area contributed by atoms with Crippen LogP contribution in [0.5, 0.6) is 0 Å². The van der Waals surface area contributed by atoms with E-state index in [0.717, 1.165) is 5.56 Å². The van der Waals surface area contributed by atoms with Gasteiger partial charge in [0.25, 0.3) is 0 Å². The molecule has 0 fully saturated rings. The number of ether oxygens (including phenoxy) is 4. The van der Waals surface area contributed by atoms with E-state index in [2.05, 4.69) is 0 Å². The lowest BCUT2D eigenvalue weighted by Crippen LogP contribution is -2.16. The standard InChI is InChI=1S/C15H25NO5/c1-4-21-15(17)14-13(2)5-6-16(14)7-8-19-11-12-20-10-9-18-3/h5-6H,4,7-12H2,1-3H3. The van der Waals surface area contributed by atoms with Crippen LogP contribution in [0.25, 0.3) is 0 Å². The summed E-state index contributed by atoms with van der Waals surface area (Å²) in [6.07, 6.45) is 1.88. The minimum Gasteiger partial charge on any atom is -0.461 e. The summed E-state index contributed by atoms with van der Waals surface area (Å²) in [5.74, 6) is -0.289. The third kappa shape index (κ3) is 6.29. The molecule has 0 radical (unpaired) electrons. The first-order valence-electron chi connectivity index (χ1n) is 7.18. The van der Waals surface area contributed by atoms with Crippen LogP contribution < -0.4 is 0 Å². The van der Waals surface area contributed by atoms with Crippen molar-refractivity contribution < 1.29 is 23.7 Å². The van der Waals surface area contributed by atoms with E-state index in [4.69, 9.17) is 18.9 Å². The Morgan fingerprint density at radius 2 is 1.81 bits per heavy atom. The van der Waals surface area contributed by atoms with E-state index in [1.807, 2.05) is 23.8 Å². The first-order valence-corrected chi connectivity index (χ1v) is 7.18. The molecule has 1 rings (SSSR count). The number of carbonyl (C=O) groups is 1. The second kappa shape index (κ2) is 10.4. The minimum absolute atomic E-state index is 0.289. The maximum absolute atomic E-state index is 11.9. The van der Waals surface area contributed by atoms with Crippen molar-refractivity contribution in [2.24, 2.45) is 0 Å². The number of hydrogen-bond acceptors (Lipinski definition) is 5. The van der Waals surface area contributed by atoms with Gasteiger partial charge in [-0.1, -0.05) is 0 Å². The second-order valence-corrected chi connectivity index (χ2v) is 4.48.